The van der Waals surface area contributed by atoms with Crippen molar-refractivity contribution in [2.24, 2.45) is 0 Å². The Morgan fingerprint density at radius 2 is 1.53 bits per heavy atom. The minimum absolute atomic E-state index is 0. The molecule has 0 aliphatic heterocycles. The Labute approximate surface area is 111 Å². The molecule has 0 bridgehead atoms. The van der Waals surface area contributed by atoms with E-state index in [2.05, 4.69) is 52.0 Å². The number of hydrogen-bond acceptors (Lipinski definition) is 0. The fourth-order valence-electron chi connectivity index (χ4n) is 2.14. The van der Waals surface area contributed by atoms with Crippen LogP contribution in [0.1, 0.15) is 26.3 Å². The first-order valence-electron chi connectivity index (χ1n) is 5.61. The maximum Gasteiger partial charge on any atom is 0.133 e. The summed E-state index contributed by atoms with van der Waals surface area (Å²) in [6, 6.07) is 8.90. The van der Waals surface area contributed by atoms with Crippen molar-refractivity contribution in [1.82, 2.24) is 4.48 Å². The molecule has 0 aliphatic carbocycles. The van der Waals surface area contributed by atoms with E-state index in [0.29, 0.717) is 0 Å². The van der Waals surface area contributed by atoms with Gasteiger partial charge in [-0.1, -0.05) is 12.1 Å². The van der Waals surface area contributed by atoms with Gasteiger partial charge < -0.3 is 24.0 Å². The van der Waals surface area contributed by atoms with Crippen molar-refractivity contribution >= 4 is 5.69 Å². The molecule has 0 aliphatic rings. The maximum atomic E-state index is 2.32. The van der Waals surface area contributed by atoms with Gasteiger partial charge in [-0.3, -0.25) is 4.48 Å². The summed E-state index contributed by atoms with van der Waals surface area (Å²) in [5.74, 6) is 0. The lowest BCUT2D eigenvalue weighted by atomic mass is 10.1. The third-order valence-electron chi connectivity index (χ3n) is 3.37. The largest absolute Gasteiger partial charge is 1.00 e. The first kappa shape index (κ1) is 14.9. The van der Waals surface area contributed by atoms with Gasteiger partial charge in [-0.15, -0.1) is 0 Å². The summed E-state index contributed by atoms with van der Waals surface area (Å²) in [6.07, 6.45) is 0. The predicted molar refractivity (Wildman–Crippen MR) is 64.6 cm³/mol. The van der Waals surface area contributed by atoms with Crippen molar-refractivity contribution in [3.05, 3.63) is 29.8 Å². The highest BCUT2D eigenvalue weighted by molar-refractivity contribution is 5.45. The highest BCUT2D eigenvalue weighted by atomic mass is 127. The predicted octanol–water partition coefficient (Wildman–Crippen LogP) is 0.366. The Morgan fingerprint density at radius 1 is 1.00 bits per heavy atom. The van der Waals surface area contributed by atoms with Crippen LogP contribution in [-0.4, -0.2) is 19.6 Å². The van der Waals surface area contributed by atoms with Crippen LogP contribution in [0.3, 0.4) is 0 Å². The Hall–Kier alpha value is -0.0900. The molecule has 1 rings (SSSR count). The first-order chi connectivity index (χ1) is 6.68. The van der Waals surface area contributed by atoms with Gasteiger partial charge in [0.15, 0.2) is 0 Å². The van der Waals surface area contributed by atoms with E-state index in [1.54, 1.807) is 0 Å². The molecule has 86 valence electrons. The summed E-state index contributed by atoms with van der Waals surface area (Å²) in [5.41, 5.74) is 2.82. The SMILES string of the molecule is CC[N+](CC)(CC)c1cccc(C)c1.[I-]. The number of aryl methyl sites for hydroxylation is 1. The molecule has 0 aromatic heterocycles. The van der Waals surface area contributed by atoms with Gasteiger partial charge in [-0.25, -0.2) is 0 Å². The van der Waals surface area contributed by atoms with Crippen LogP contribution in [0.15, 0.2) is 24.3 Å². The first-order valence-corrected chi connectivity index (χ1v) is 5.61. The summed E-state index contributed by atoms with van der Waals surface area (Å²) in [7, 11) is 0. The van der Waals surface area contributed by atoms with E-state index in [1.807, 2.05) is 0 Å². The average Bonchev–Trinajstić information content (AvgIpc) is 2.22. The number of halogens is 1. The molecule has 0 spiro atoms. The zero-order valence-electron chi connectivity index (χ0n) is 10.3. The van der Waals surface area contributed by atoms with Crippen LogP contribution < -0.4 is 28.5 Å². The molecule has 0 saturated heterocycles. The molecule has 0 saturated carbocycles. The molecular weight excluding hydrogens is 297 g/mol. The van der Waals surface area contributed by atoms with E-state index in [-0.39, 0.29) is 24.0 Å². The molecule has 0 atom stereocenters. The molecule has 0 radical (unpaired) electrons. The van der Waals surface area contributed by atoms with E-state index in [0.717, 1.165) is 4.48 Å². The zero-order chi connectivity index (χ0) is 10.6. The standard InChI is InChI=1S/C13H22N.HI/c1-5-14(6-2,7-3)13-10-8-9-12(4)11-13;/h8-11H,5-7H2,1-4H3;1H/q+1;/p-1. The van der Waals surface area contributed by atoms with E-state index in [1.165, 1.54) is 30.9 Å². The Bertz CT molecular complexity index is 284. The van der Waals surface area contributed by atoms with E-state index in [4.69, 9.17) is 0 Å². The van der Waals surface area contributed by atoms with Crippen molar-refractivity contribution in [2.75, 3.05) is 19.6 Å². The van der Waals surface area contributed by atoms with Crippen LogP contribution in [0, 0.1) is 6.92 Å². The zero-order valence-corrected chi connectivity index (χ0v) is 12.4. The molecule has 0 N–H and O–H groups in total. The molecule has 2 heteroatoms. The maximum absolute atomic E-state index is 2.32. The minimum Gasteiger partial charge on any atom is -1.00 e. The summed E-state index contributed by atoms with van der Waals surface area (Å²) < 4.78 is 1.10. The third-order valence-corrected chi connectivity index (χ3v) is 3.37. The van der Waals surface area contributed by atoms with Crippen molar-refractivity contribution in [3.8, 4) is 0 Å². The quantitative estimate of drug-likeness (QED) is 0.556. The number of nitrogens with zero attached hydrogens (tertiary/aromatic N) is 1. The monoisotopic (exact) mass is 319 g/mol. The van der Waals surface area contributed by atoms with Gasteiger partial charge in [0.05, 0.1) is 19.6 Å². The Balaban J connectivity index is 0.00000196. The van der Waals surface area contributed by atoms with Crippen molar-refractivity contribution in [3.63, 3.8) is 0 Å². The molecular formula is C13H22IN. The normalized spacial score (nSPS) is 10.9. The van der Waals surface area contributed by atoms with Crippen LogP contribution in [0.25, 0.3) is 0 Å². The molecule has 0 amide bonds. The van der Waals surface area contributed by atoms with Gasteiger partial charge in [0.2, 0.25) is 0 Å². The van der Waals surface area contributed by atoms with Crippen LogP contribution in [0.2, 0.25) is 0 Å². The molecule has 15 heavy (non-hydrogen) atoms. The minimum atomic E-state index is 0. The van der Waals surface area contributed by atoms with Gasteiger partial charge in [-0.05, 0) is 39.3 Å². The highest BCUT2D eigenvalue weighted by Gasteiger charge is 2.23. The lowest BCUT2D eigenvalue weighted by Gasteiger charge is -2.35. The summed E-state index contributed by atoms with van der Waals surface area (Å²) in [4.78, 5) is 0. The summed E-state index contributed by atoms with van der Waals surface area (Å²) in [6.45, 7) is 12.5. The summed E-state index contributed by atoms with van der Waals surface area (Å²) in [5, 5.41) is 0. The van der Waals surface area contributed by atoms with Crippen LogP contribution in [0.4, 0.5) is 5.69 Å². The van der Waals surface area contributed by atoms with Crippen LogP contribution in [0.5, 0.6) is 0 Å². The fraction of sp³-hybridized carbons (Fsp3) is 0.538. The smallest absolute Gasteiger partial charge is 0.133 e. The second-order valence-corrected chi connectivity index (χ2v) is 3.93. The van der Waals surface area contributed by atoms with Crippen LogP contribution in [-0.2, 0) is 0 Å². The highest BCUT2D eigenvalue weighted by Crippen LogP contribution is 2.23. The van der Waals surface area contributed by atoms with Gasteiger partial charge in [-0.2, -0.15) is 0 Å². The van der Waals surface area contributed by atoms with Gasteiger partial charge in [0.1, 0.15) is 5.69 Å². The lowest BCUT2D eigenvalue weighted by Crippen LogP contribution is -3.00. The molecule has 0 fully saturated rings. The van der Waals surface area contributed by atoms with E-state index in [9.17, 15) is 0 Å². The van der Waals surface area contributed by atoms with Gasteiger partial charge >= 0.3 is 0 Å². The fourth-order valence-corrected chi connectivity index (χ4v) is 2.14. The van der Waals surface area contributed by atoms with Crippen molar-refractivity contribution < 1.29 is 24.0 Å². The molecule has 1 aromatic rings. The van der Waals surface area contributed by atoms with Gasteiger partial charge in [0, 0.05) is 6.07 Å². The Morgan fingerprint density at radius 3 is 1.93 bits per heavy atom. The number of benzene rings is 1. The van der Waals surface area contributed by atoms with Crippen LogP contribution >= 0.6 is 0 Å². The van der Waals surface area contributed by atoms with E-state index < -0.39 is 0 Å². The second-order valence-electron chi connectivity index (χ2n) is 3.93. The number of rotatable bonds is 4. The van der Waals surface area contributed by atoms with E-state index >= 15 is 0 Å². The Kier molecular flexibility index (Phi) is 6.44. The van der Waals surface area contributed by atoms with Crippen molar-refractivity contribution in [1.29, 1.82) is 0 Å². The molecule has 0 heterocycles. The lowest BCUT2D eigenvalue weighted by molar-refractivity contribution is -0.00000314. The third kappa shape index (κ3) is 3.18. The van der Waals surface area contributed by atoms with Gasteiger partial charge in [0.25, 0.3) is 0 Å². The molecule has 0 unspecified atom stereocenters. The molecule has 1 aromatic carbocycles. The van der Waals surface area contributed by atoms with Crippen molar-refractivity contribution in [2.45, 2.75) is 27.7 Å². The summed E-state index contributed by atoms with van der Waals surface area (Å²) >= 11 is 0. The second kappa shape index (κ2) is 6.48. The average molecular weight is 319 g/mol. The number of hydrogen-bond donors (Lipinski definition) is 0. The topological polar surface area (TPSA) is 0 Å². The number of quaternary nitrogens is 1. The molecule has 1 nitrogen and oxygen atoms in total.